The van der Waals surface area contributed by atoms with Crippen LogP contribution in [0.4, 0.5) is 4.79 Å². The van der Waals surface area contributed by atoms with Crippen LogP contribution in [-0.4, -0.2) is 38.9 Å². The van der Waals surface area contributed by atoms with Gasteiger partial charge in [0.1, 0.15) is 6.61 Å². The molecular weight excluding hydrogens is 200 g/mol. The largest absolute Gasteiger partial charge is 0.469 e. The molecule has 88 valence electrons. The van der Waals surface area contributed by atoms with E-state index in [1.165, 1.54) is 7.11 Å². The van der Waals surface area contributed by atoms with Crippen molar-refractivity contribution in [2.45, 2.75) is 13.8 Å². The van der Waals surface area contributed by atoms with Crippen molar-refractivity contribution in [2.75, 3.05) is 26.8 Å². The van der Waals surface area contributed by atoms with Crippen LogP contribution in [0.2, 0.25) is 0 Å². The van der Waals surface area contributed by atoms with Crippen LogP contribution in [0, 0.1) is 5.41 Å². The predicted octanol–water partition coefficient (Wildman–Crippen LogP) is -0.129. The lowest BCUT2D eigenvalue weighted by atomic mass is 9.94. The molecule has 0 fully saturated rings. The molecule has 0 atom stereocenters. The Kier molecular flexibility index (Phi) is 5.69. The number of nitrogens with one attached hydrogen (secondary N) is 1. The third-order valence-corrected chi connectivity index (χ3v) is 1.83. The number of rotatable bonds is 6. The van der Waals surface area contributed by atoms with Gasteiger partial charge in [0.25, 0.3) is 0 Å². The molecule has 0 aromatic rings. The third kappa shape index (κ3) is 5.90. The number of nitrogens with two attached hydrogens (primary N) is 1. The number of esters is 1. The van der Waals surface area contributed by atoms with E-state index in [9.17, 15) is 9.59 Å². The van der Waals surface area contributed by atoms with Crippen LogP contribution in [0.1, 0.15) is 13.8 Å². The zero-order valence-electron chi connectivity index (χ0n) is 9.33. The van der Waals surface area contributed by atoms with Gasteiger partial charge in [0, 0.05) is 13.1 Å². The molecule has 0 unspecified atom stereocenters. The van der Waals surface area contributed by atoms with Gasteiger partial charge in [0.15, 0.2) is 0 Å². The summed E-state index contributed by atoms with van der Waals surface area (Å²) in [5.41, 5.74) is 4.17. The maximum atomic E-state index is 11.2. The Labute approximate surface area is 89.1 Å². The lowest BCUT2D eigenvalue weighted by molar-refractivity contribution is -0.150. The highest BCUT2D eigenvalue weighted by Crippen LogP contribution is 2.14. The Bertz CT molecular complexity index is 228. The summed E-state index contributed by atoms with van der Waals surface area (Å²) in [5.74, 6) is -0.286. The van der Waals surface area contributed by atoms with Gasteiger partial charge < -0.3 is 20.5 Å². The summed E-state index contributed by atoms with van der Waals surface area (Å²) in [6, 6.07) is 0. The lowest BCUT2D eigenvalue weighted by Crippen LogP contribution is -2.38. The molecular formula is C9H18N2O4. The average Bonchev–Trinajstić information content (AvgIpc) is 2.15. The van der Waals surface area contributed by atoms with Crippen molar-refractivity contribution in [1.29, 1.82) is 0 Å². The molecule has 6 nitrogen and oxygen atoms in total. The van der Waals surface area contributed by atoms with Crippen molar-refractivity contribution in [3.8, 4) is 0 Å². The first kappa shape index (κ1) is 13.7. The fraction of sp³-hybridized carbons (Fsp3) is 0.778. The number of carbonyl (C=O) groups is 2. The molecule has 0 spiro atoms. The third-order valence-electron chi connectivity index (χ3n) is 1.83. The Balaban J connectivity index is 3.66. The van der Waals surface area contributed by atoms with Crippen molar-refractivity contribution in [1.82, 2.24) is 5.32 Å². The van der Waals surface area contributed by atoms with Gasteiger partial charge in [-0.3, -0.25) is 4.79 Å². The number of hydrogen-bond donors (Lipinski definition) is 2. The van der Waals surface area contributed by atoms with E-state index in [1.807, 2.05) is 0 Å². The van der Waals surface area contributed by atoms with Gasteiger partial charge in [-0.1, -0.05) is 0 Å². The molecule has 0 aliphatic rings. The minimum atomic E-state index is -0.802. The molecule has 0 heterocycles. The van der Waals surface area contributed by atoms with E-state index in [0.29, 0.717) is 13.1 Å². The van der Waals surface area contributed by atoms with Gasteiger partial charge in [0.2, 0.25) is 0 Å². The van der Waals surface area contributed by atoms with Crippen LogP contribution in [0.3, 0.4) is 0 Å². The van der Waals surface area contributed by atoms with Crippen LogP contribution in [0.5, 0.6) is 0 Å². The van der Waals surface area contributed by atoms with Gasteiger partial charge >= 0.3 is 12.1 Å². The lowest BCUT2D eigenvalue weighted by Gasteiger charge is -2.21. The van der Waals surface area contributed by atoms with Crippen molar-refractivity contribution < 1.29 is 19.1 Å². The van der Waals surface area contributed by atoms with Gasteiger partial charge in [-0.25, -0.2) is 4.79 Å². The second kappa shape index (κ2) is 6.23. The first-order chi connectivity index (χ1) is 6.90. The number of hydrogen-bond acceptors (Lipinski definition) is 5. The maximum absolute atomic E-state index is 11.2. The highest BCUT2D eigenvalue weighted by atomic mass is 16.5. The van der Waals surface area contributed by atoms with Gasteiger partial charge in [0.05, 0.1) is 12.5 Å². The Morgan fingerprint density at radius 3 is 2.47 bits per heavy atom. The number of ether oxygens (including phenoxy) is 2. The van der Waals surface area contributed by atoms with Crippen molar-refractivity contribution in [3.63, 3.8) is 0 Å². The molecule has 0 rings (SSSR count). The summed E-state index contributed by atoms with van der Waals surface area (Å²) in [7, 11) is 1.35. The summed E-state index contributed by atoms with van der Waals surface area (Å²) < 4.78 is 9.13. The molecule has 1 amide bonds. The summed E-state index contributed by atoms with van der Waals surface area (Å²) in [4.78, 5) is 21.4. The van der Waals surface area contributed by atoms with Crippen LogP contribution in [0.25, 0.3) is 0 Å². The Hall–Kier alpha value is -1.30. The molecule has 15 heavy (non-hydrogen) atoms. The summed E-state index contributed by atoms with van der Waals surface area (Å²) in [6.07, 6.45) is -0.802. The molecule has 0 aromatic heterocycles. The standard InChI is InChI=1S/C9H18N2O4/c1-9(2,7(12)14-3)6-11-4-5-15-8(10)13/h11H,4-6H2,1-3H3,(H2,10,13). The van der Waals surface area contributed by atoms with E-state index in [4.69, 9.17) is 5.73 Å². The number of carbonyl (C=O) groups excluding carboxylic acids is 2. The monoisotopic (exact) mass is 218 g/mol. The average molecular weight is 218 g/mol. The second-order valence-corrected chi connectivity index (χ2v) is 3.72. The summed E-state index contributed by atoms with van der Waals surface area (Å²) >= 11 is 0. The van der Waals surface area contributed by atoms with Crippen molar-refractivity contribution in [3.05, 3.63) is 0 Å². The predicted molar refractivity (Wildman–Crippen MR) is 54.2 cm³/mol. The molecule has 0 aliphatic carbocycles. The summed E-state index contributed by atoms with van der Waals surface area (Å²) in [6.45, 7) is 4.61. The van der Waals surface area contributed by atoms with Crippen LogP contribution in [0.15, 0.2) is 0 Å². The minimum Gasteiger partial charge on any atom is -0.469 e. The molecule has 0 bridgehead atoms. The Morgan fingerprint density at radius 1 is 1.40 bits per heavy atom. The fourth-order valence-electron chi connectivity index (χ4n) is 0.973. The topological polar surface area (TPSA) is 90.7 Å². The molecule has 0 aromatic carbocycles. The zero-order chi connectivity index (χ0) is 11.9. The molecule has 0 aliphatic heterocycles. The van der Waals surface area contributed by atoms with Crippen LogP contribution in [-0.2, 0) is 14.3 Å². The molecule has 0 radical (unpaired) electrons. The van der Waals surface area contributed by atoms with Gasteiger partial charge in [-0.2, -0.15) is 0 Å². The highest BCUT2D eigenvalue weighted by molar-refractivity contribution is 5.76. The quantitative estimate of drug-likeness (QED) is 0.478. The molecule has 0 saturated heterocycles. The normalized spacial score (nSPS) is 10.9. The number of methoxy groups -OCH3 is 1. The van der Waals surface area contributed by atoms with Crippen molar-refractivity contribution in [2.24, 2.45) is 11.1 Å². The van der Waals surface area contributed by atoms with Crippen molar-refractivity contribution >= 4 is 12.1 Å². The van der Waals surface area contributed by atoms with E-state index in [0.717, 1.165) is 0 Å². The van der Waals surface area contributed by atoms with E-state index < -0.39 is 11.5 Å². The van der Waals surface area contributed by atoms with Gasteiger partial charge in [-0.05, 0) is 13.8 Å². The van der Waals surface area contributed by atoms with E-state index in [2.05, 4.69) is 14.8 Å². The van der Waals surface area contributed by atoms with Crippen LogP contribution >= 0.6 is 0 Å². The Morgan fingerprint density at radius 2 is 2.00 bits per heavy atom. The number of amides is 1. The molecule has 0 saturated carbocycles. The number of primary amides is 1. The fourth-order valence-corrected chi connectivity index (χ4v) is 0.973. The minimum absolute atomic E-state index is 0.187. The van der Waals surface area contributed by atoms with Crippen LogP contribution < -0.4 is 11.1 Å². The van der Waals surface area contributed by atoms with E-state index in [1.54, 1.807) is 13.8 Å². The maximum Gasteiger partial charge on any atom is 0.404 e. The molecule has 6 heteroatoms. The first-order valence-electron chi connectivity index (χ1n) is 4.61. The van der Waals surface area contributed by atoms with E-state index in [-0.39, 0.29) is 12.6 Å². The van der Waals surface area contributed by atoms with E-state index >= 15 is 0 Å². The smallest absolute Gasteiger partial charge is 0.404 e. The zero-order valence-corrected chi connectivity index (χ0v) is 9.33. The van der Waals surface area contributed by atoms with Gasteiger partial charge in [-0.15, -0.1) is 0 Å². The molecule has 3 N–H and O–H groups in total. The SMILES string of the molecule is COC(=O)C(C)(C)CNCCOC(N)=O. The second-order valence-electron chi connectivity index (χ2n) is 3.72. The summed E-state index contributed by atoms with van der Waals surface area (Å²) in [5, 5.41) is 2.96. The first-order valence-corrected chi connectivity index (χ1v) is 4.61. The highest BCUT2D eigenvalue weighted by Gasteiger charge is 2.27.